The van der Waals surface area contributed by atoms with E-state index in [9.17, 15) is 0 Å². The molecule has 0 aromatic heterocycles. The number of aryl methyl sites for hydroxylation is 2. The maximum atomic E-state index is 5.68. The summed E-state index contributed by atoms with van der Waals surface area (Å²) < 4.78 is 5.68. The Hall–Kier alpha value is -1.96. The Kier molecular flexibility index (Phi) is 5.68. The first-order chi connectivity index (χ1) is 10.2. The predicted molar refractivity (Wildman–Crippen MR) is 90.1 cm³/mol. The quantitative estimate of drug-likeness (QED) is 0.714. The van der Waals surface area contributed by atoms with Gasteiger partial charge < -0.3 is 10.1 Å². The molecule has 0 saturated carbocycles. The molecule has 1 N–H and O–H groups in total. The van der Waals surface area contributed by atoms with E-state index in [-0.39, 0.29) is 0 Å². The van der Waals surface area contributed by atoms with Crippen LogP contribution in [0.3, 0.4) is 0 Å². The minimum Gasteiger partial charge on any atom is -0.494 e. The number of ether oxygens (including phenoxy) is 1. The zero-order valence-corrected chi connectivity index (χ0v) is 13.3. The minimum atomic E-state index is 0.802. The van der Waals surface area contributed by atoms with E-state index in [4.69, 9.17) is 4.74 Å². The summed E-state index contributed by atoms with van der Waals surface area (Å²) in [4.78, 5) is 0. The molecule has 0 aliphatic carbocycles. The van der Waals surface area contributed by atoms with Crippen LogP contribution in [0.4, 0.5) is 5.69 Å². The lowest BCUT2D eigenvalue weighted by Crippen LogP contribution is -2.01. The summed E-state index contributed by atoms with van der Waals surface area (Å²) in [6.45, 7) is 8.06. The largest absolute Gasteiger partial charge is 0.494 e. The molecule has 0 radical (unpaired) electrons. The molecular weight excluding hydrogens is 258 g/mol. The molecule has 2 aromatic rings. The molecule has 2 heteroatoms. The van der Waals surface area contributed by atoms with E-state index >= 15 is 0 Å². The van der Waals surface area contributed by atoms with Crippen LogP contribution in [0, 0.1) is 13.8 Å². The van der Waals surface area contributed by atoms with Gasteiger partial charge in [0.15, 0.2) is 0 Å². The number of rotatable bonds is 7. The predicted octanol–water partition coefficient (Wildman–Crippen LogP) is 5.09. The second-order valence-electron chi connectivity index (χ2n) is 5.58. The Morgan fingerprint density at radius 1 is 0.952 bits per heavy atom. The van der Waals surface area contributed by atoms with Crippen molar-refractivity contribution in [1.82, 2.24) is 0 Å². The van der Waals surface area contributed by atoms with Crippen molar-refractivity contribution >= 4 is 5.69 Å². The van der Waals surface area contributed by atoms with Gasteiger partial charge in [-0.15, -0.1) is 0 Å². The highest BCUT2D eigenvalue weighted by atomic mass is 16.5. The summed E-state index contributed by atoms with van der Waals surface area (Å²) in [5.74, 6) is 0.957. The van der Waals surface area contributed by atoms with Gasteiger partial charge in [0, 0.05) is 12.2 Å². The van der Waals surface area contributed by atoms with Gasteiger partial charge in [-0.2, -0.15) is 0 Å². The third-order valence-corrected chi connectivity index (χ3v) is 3.41. The number of hydrogen-bond donors (Lipinski definition) is 1. The smallest absolute Gasteiger partial charge is 0.119 e. The van der Waals surface area contributed by atoms with Crippen molar-refractivity contribution in [1.29, 1.82) is 0 Å². The zero-order valence-electron chi connectivity index (χ0n) is 13.3. The molecule has 0 saturated heterocycles. The molecule has 0 bridgehead atoms. The molecule has 0 heterocycles. The van der Waals surface area contributed by atoms with E-state index in [1.807, 2.05) is 12.1 Å². The molecule has 2 aromatic carbocycles. The van der Waals surface area contributed by atoms with Gasteiger partial charge in [0.05, 0.1) is 6.61 Å². The summed E-state index contributed by atoms with van der Waals surface area (Å²) in [5, 5.41) is 3.47. The van der Waals surface area contributed by atoms with E-state index in [1.54, 1.807) is 0 Å². The standard InChI is InChI=1S/C19H25NO/c1-4-5-10-21-19-8-6-17(7-9-19)14-20-18-12-15(2)11-16(3)13-18/h6-9,11-13,20H,4-5,10,14H2,1-3H3. The van der Waals surface area contributed by atoms with E-state index in [0.717, 1.165) is 31.7 Å². The SMILES string of the molecule is CCCCOc1ccc(CNc2cc(C)cc(C)c2)cc1. The monoisotopic (exact) mass is 283 g/mol. The summed E-state index contributed by atoms with van der Waals surface area (Å²) in [6, 6.07) is 14.9. The Bertz CT molecular complexity index is 540. The van der Waals surface area contributed by atoms with E-state index in [2.05, 4.69) is 56.4 Å². The first-order valence-corrected chi connectivity index (χ1v) is 7.71. The molecule has 112 valence electrons. The van der Waals surface area contributed by atoms with Crippen molar-refractivity contribution in [3.8, 4) is 5.75 Å². The minimum absolute atomic E-state index is 0.802. The first kappa shape index (κ1) is 15.4. The second-order valence-corrected chi connectivity index (χ2v) is 5.58. The van der Waals surface area contributed by atoms with Crippen LogP contribution in [-0.2, 0) is 6.54 Å². The van der Waals surface area contributed by atoms with Crippen molar-refractivity contribution < 1.29 is 4.74 Å². The fraction of sp³-hybridized carbons (Fsp3) is 0.368. The highest BCUT2D eigenvalue weighted by Crippen LogP contribution is 2.17. The topological polar surface area (TPSA) is 21.3 Å². The molecule has 0 amide bonds. The van der Waals surface area contributed by atoms with Crippen LogP contribution in [0.15, 0.2) is 42.5 Å². The Morgan fingerprint density at radius 2 is 1.62 bits per heavy atom. The molecule has 0 unspecified atom stereocenters. The highest BCUT2D eigenvalue weighted by Gasteiger charge is 1.98. The third-order valence-electron chi connectivity index (χ3n) is 3.41. The molecule has 21 heavy (non-hydrogen) atoms. The normalized spacial score (nSPS) is 10.4. The Morgan fingerprint density at radius 3 is 2.24 bits per heavy atom. The average Bonchev–Trinajstić information content (AvgIpc) is 2.46. The summed E-state index contributed by atoms with van der Waals surface area (Å²) >= 11 is 0. The molecular formula is C19H25NO. The maximum Gasteiger partial charge on any atom is 0.119 e. The van der Waals surface area contributed by atoms with Crippen LogP contribution in [0.5, 0.6) is 5.75 Å². The van der Waals surface area contributed by atoms with Gasteiger partial charge >= 0.3 is 0 Å². The highest BCUT2D eigenvalue weighted by molar-refractivity contribution is 5.48. The summed E-state index contributed by atoms with van der Waals surface area (Å²) in [5.41, 5.74) is 5.02. The van der Waals surface area contributed by atoms with Crippen LogP contribution in [0.25, 0.3) is 0 Å². The number of unbranched alkanes of at least 4 members (excludes halogenated alkanes) is 1. The molecule has 0 fully saturated rings. The maximum absolute atomic E-state index is 5.68. The molecule has 0 spiro atoms. The number of nitrogens with one attached hydrogen (secondary N) is 1. The van der Waals surface area contributed by atoms with Crippen LogP contribution >= 0.6 is 0 Å². The number of anilines is 1. The van der Waals surface area contributed by atoms with E-state index in [0.29, 0.717) is 0 Å². The fourth-order valence-electron chi connectivity index (χ4n) is 2.32. The second kappa shape index (κ2) is 7.72. The van der Waals surface area contributed by atoms with E-state index < -0.39 is 0 Å². The van der Waals surface area contributed by atoms with Crippen molar-refractivity contribution in [2.45, 2.75) is 40.2 Å². The van der Waals surface area contributed by atoms with Crippen molar-refractivity contribution in [3.63, 3.8) is 0 Å². The lowest BCUT2D eigenvalue weighted by molar-refractivity contribution is 0.309. The van der Waals surface area contributed by atoms with E-state index in [1.165, 1.54) is 22.4 Å². The third kappa shape index (κ3) is 5.14. The van der Waals surface area contributed by atoms with Crippen molar-refractivity contribution in [2.75, 3.05) is 11.9 Å². The van der Waals surface area contributed by atoms with Gasteiger partial charge in [0.2, 0.25) is 0 Å². The molecule has 0 aliphatic heterocycles. The molecule has 0 atom stereocenters. The van der Waals surface area contributed by atoms with Crippen molar-refractivity contribution in [2.24, 2.45) is 0 Å². The van der Waals surface area contributed by atoms with Gasteiger partial charge in [-0.05, 0) is 61.2 Å². The Labute approximate surface area is 128 Å². The van der Waals surface area contributed by atoms with Crippen molar-refractivity contribution in [3.05, 3.63) is 59.2 Å². The average molecular weight is 283 g/mol. The summed E-state index contributed by atoms with van der Waals surface area (Å²) in [6.07, 6.45) is 2.27. The Balaban J connectivity index is 1.88. The number of benzene rings is 2. The summed E-state index contributed by atoms with van der Waals surface area (Å²) in [7, 11) is 0. The molecule has 0 aliphatic rings. The fourth-order valence-corrected chi connectivity index (χ4v) is 2.32. The lowest BCUT2D eigenvalue weighted by Gasteiger charge is -2.10. The van der Waals surface area contributed by atoms with Crippen LogP contribution in [0.2, 0.25) is 0 Å². The number of hydrogen-bond acceptors (Lipinski definition) is 2. The molecule has 2 nitrogen and oxygen atoms in total. The van der Waals surface area contributed by atoms with Gasteiger partial charge in [0.25, 0.3) is 0 Å². The van der Waals surface area contributed by atoms with Crippen LogP contribution < -0.4 is 10.1 Å². The molecule has 2 rings (SSSR count). The zero-order chi connectivity index (χ0) is 15.1. The van der Waals surface area contributed by atoms with Crippen LogP contribution in [-0.4, -0.2) is 6.61 Å². The first-order valence-electron chi connectivity index (χ1n) is 7.71. The van der Waals surface area contributed by atoms with Crippen LogP contribution in [0.1, 0.15) is 36.5 Å². The lowest BCUT2D eigenvalue weighted by atomic mass is 10.1. The van der Waals surface area contributed by atoms with Gasteiger partial charge in [0.1, 0.15) is 5.75 Å². The van der Waals surface area contributed by atoms with Gasteiger partial charge in [-0.3, -0.25) is 0 Å². The van der Waals surface area contributed by atoms with Gasteiger partial charge in [-0.1, -0.05) is 31.5 Å². The van der Waals surface area contributed by atoms with Gasteiger partial charge in [-0.25, -0.2) is 0 Å².